The molecular weight excluding hydrogens is 258 g/mol. The van der Waals surface area contributed by atoms with Crippen LogP contribution in [0.15, 0.2) is 24.3 Å². The van der Waals surface area contributed by atoms with Crippen molar-refractivity contribution < 1.29 is 4.79 Å². The van der Waals surface area contributed by atoms with Crippen LogP contribution >= 0.6 is 11.6 Å². The van der Waals surface area contributed by atoms with E-state index in [2.05, 4.69) is 45.9 Å². The van der Waals surface area contributed by atoms with Gasteiger partial charge >= 0.3 is 0 Å². The van der Waals surface area contributed by atoms with Crippen molar-refractivity contribution in [1.82, 2.24) is 0 Å². The topological polar surface area (TPSA) is 20.3 Å². The molecule has 2 rings (SSSR count). The van der Waals surface area contributed by atoms with Crippen molar-refractivity contribution in [3.8, 4) is 0 Å². The molecule has 0 radical (unpaired) electrons. The number of allylic oxidation sites excluding steroid dienone is 1. The zero-order valence-electron chi connectivity index (χ0n) is 12.0. The first kappa shape index (κ1) is 14.1. The Hall–Kier alpha value is -1.28. The molecule has 0 saturated heterocycles. The number of rotatable bonds is 2. The molecule has 0 saturated carbocycles. The van der Waals surface area contributed by atoms with Gasteiger partial charge in [-0.05, 0) is 45.4 Å². The van der Waals surface area contributed by atoms with E-state index in [9.17, 15) is 4.79 Å². The average molecular weight is 278 g/mol. The van der Waals surface area contributed by atoms with E-state index in [1.54, 1.807) is 0 Å². The molecule has 0 fully saturated rings. The third kappa shape index (κ3) is 2.55. The first-order chi connectivity index (χ1) is 8.86. The molecule has 0 atom stereocenters. The number of anilines is 1. The van der Waals surface area contributed by atoms with Crippen LogP contribution in [0.1, 0.15) is 38.3 Å². The van der Waals surface area contributed by atoms with Crippen LogP contribution in [0.2, 0.25) is 0 Å². The van der Waals surface area contributed by atoms with Crippen molar-refractivity contribution >= 4 is 28.8 Å². The summed E-state index contributed by atoms with van der Waals surface area (Å²) in [6.07, 6.45) is 2.52. The molecule has 102 valence electrons. The van der Waals surface area contributed by atoms with Crippen LogP contribution in [-0.4, -0.2) is 17.3 Å². The zero-order chi connectivity index (χ0) is 14.2. The fourth-order valence-electron chi connectivity index (χ4n) is 2.79. The van der Waals surface area contributed by atoms with Crippen molar-refractivity contribution in [3.63, 3.8) is 0 Å². The molecule has 0 bridgehead atoms. The molecule has 0 N–H and O–H groups in total. The van der Waals surface area contributed by atoms with Gasteiger partial charge in [0.25, 0.3) is 0 Å². The minimum absolute atomic E-state index is 0.0776. The number of carbonyl (C=O) groups excluding carboxylic acids is 1. The summed E-state index contributed by atoms with van der Waals surface area (Å²) in [6, 6.07) is 6.22. The highest BCUT2D eigenvalue weighted by Crippen LogP contribution is 2.39. The fraction of sp³-hybridized carbons (Fsp3) is 0.438. The standard InChI is InChI=1S/C16H20ClNO/c1-11-5-6-14-13(9-11)12(2)10-16(3,4)18(14)15(19)7-8-17/h5-6,9-10H,7-8H2,1-4H3. The van der Waals surface area contributed by atoms with Crippen molar-refractivity contribution in [2.75, 3.05) is 10.8 Å². The van der Waals surface area contributed by atoms with Gasteiger partial charge in [-0.3, -0.25) is 4.79 Å². The predicted molar refractivity (Wildman–Crippen MR) is 81.7 cm³/mol. The molecule has 0 spiro atoms. The molecule has 1 heterocycles. The van der Waals surface area contributed by atoms with Crippen molar-refractivity contribution in [2.45, 2.75) is 39.7 Å². The molecule has 19 heavy (non-hydrogen) atoms. The zero-order valence-corrected chi connectivity index (χ0v) is 12.7. The van der Waals surface area contributed by atoms with E-state index in [-0.39, 0.29) is 11.4 Å². The predicted octanol–water partition coefficient (Wildman–Crippen LogP) is 4.15. The van der Waals surface area contributed by atoms with Gasteiger partial charge in [0.2, 0.25) is 5.91 Å². The highest BCUT2D eigenvalue weighted by molar-refractivity contribution is 6.19. The van der Waals surface area contributed by atoms with E-state index in [1.807, 2.05) is 11.0 Å². The normalized spacial score (nSPS) is 16.9. The molecule has 2 nitrogen and oxygen atoms in total. The maximum Gasteiger partial charge on any atom is 0.228 e. The number of hydrogen-bond acceptors (Lipinski definition) is 1. The van der Waals surface area contributed by atoms with Crippen molar-refractivity contribution in [1.29, 1.82) is 0 Å². The van der Waals surface area contributed by atoms with Crippen molar-refractivity contribution in [3.05, 3.63) is 35.4 Å². The van der Waals surface area contributed by atoms with Gasteiger partial charge in [-0.15, -0.1) is 11.6 Å². The monoisotopic (exact) mass is 277 g/mol. The number of hydrogen-bond donors (Lipinski definition) is 0. The van der Waals surface area contributed by atoms with Gasteiger partial charge in [-0.2, -0.15) is 0 Å². The Labute approximate surface area is 120 Å². The van der Waals surface area contributed by atoms with E-state index in [0.29, 0.717) is 12.3 Å². The maximum atomic E-state index is 12.4. The summed E-state index contributed by atoms with van der Waals surface area (Å²) in [6.45, 7) is 8.29. The fourth-order valence-corrected chi connectivity index (χ4v) is 2.95. The van der Waals surface area contributed by atoms with Crippen LogP contribution in [0.5, 0.6) is 0 Å². The summed E-state index contributed by atoms with van der Waals surface area (Å²) in [5.41, 5.74) is 4.25. The highest BCUT2D eigenvalue weighted by Gasteiger charge is 2.35. The molecule has 1 aromatic carbocycles. The summed E-state index contributed by atoms with van der Waals surface area (Å²) in [4.78, 5) is 14.3. The van der Waals surface area contributed by atoms with E-state index in [0.717, 1.165) is 11.3 Å². The second kappa shape index (κ2) is 5.01. The van der Waals surface area contributed by atoms with Crippen LogP contribution in [0.4, 0.5) is 5.69 Å². The second-order valence-electron chi connectivity index (χ2n) is 5.67. The van der Waals surface area contributed by atoms with Gasteiger partial charge in [-0.1, -0.05) is 17.7 Å². The minimum Gasteiger partial charge on any atom is -0.303 e. The third-order valence-corrected chi connectivity index (χ3v) is 3.71. The van der Waals surface area contributed by atoms with Gasteiger partial charge in [0, 0.05) is 17.9 Å². The Kier molecular flexibility index (Phi) is 3.73. The van der Waals surface area contributed by atoms with Gasteiger partial charge in [-0.25, -0.2) is 0 Å². The lowest BCUT2D eigenvalue weighted by Gasteiger charge is -2.41. The molecule has 0 aromatic heterocycles. The van der Waals surface area contributed by atoms with Crippen LogP contribution in [-0.2, 0) is 4.79 Å². The maximum absolute atomic E-state index is 12.4. The van der Waals surface area contributed by atoms with E-state index in [4.69, 9.17) is 11.6 Å². The quantitative estimate of drug-likeness (QED) is 0.744. The Balaban J connectivity index is 2.57. The molecule has 3 heteroatoms. The second-order valence-corrected chi connectivity index (χ2v) is 6.05. The Morgan fingerprint density at radius 1 is 1.32 bits per heavy atom. The number of nitrogens with zero attached hydrogens (tertiary/aromatic N) is 1. The number of alkyl halides is 1. The van der Waals surface area contributed by atoms with Crippen LogP contribution in [0.3, 0.4) is 0 Å². The molecule has 1 aliphatic rings. The number of halogens is 1. The van der Waals surface area contributed by atoms with Gasteiger partial charge in [0.15, 0.2) is 0 Å². The minimum atomic E-state index is -0.310. The van der Waals surface area contributed by atoms with E-state index >= 15 is 0 Å². The largest absolute Gasteiger partial charge is 0.303 e. The number of amides is 1. The van der Waals surface area contributed by atoms with Crippen molar-refractivity contribution in [2.24, 2.45) is 0 Å². The van der Waals surface area contributed by atoms with E-state index in [1.165, 1.54) is 11.1 Å². The summed E-state index contributed by atoms with van der Waals surface area (Å²) in [7, 11) is 0. The van der Waals surface area contributed by atoms with Crippen LogP contribution in [0, 0.1) is 6.92 Å². The summed E-state index contributed by atoms with van der Waals surface area (Å²) in [5.74, 6) is 0.434. The van der Waals surface area contributed by atoms with Gasteiger partial charge in [0.05, 0.1) is 11.2 Å². The molecule has 1 aromatic rings. The number of aryl methyl sites for hydroxylation is 1. The lowest BCUT2D eigenvalue weighted by Crippen LogP contribution is -2.49. The smallest absolute Gasteiger partial charge is 0.228 e. The molecular formula is C16H20ClNO. The van der Waals surface area contributed by atoms with E-state index < -0.39 is 0 Å². The lowest BCUT2D eigenvalue weighted by atomic mass is 9.88. The molecule has 1 amide bonds. The molecule has 0 unspecified atom stereocenters. The summed E-state index contributed by atoms with van der Waals surface area (Å²) in [5, 5.41) is 0. The summed E-state index contributed by atoms with van der Waals surface area (Å²) < 4.78 is 0. The number of carbonyl (C=O) groups is 1. The van der Waals surface area contributed by atoms with Gasteiger partial charge < -0.3 is 4.90 Å². The number of benzene rings is 1. The lowest BCUT2D eigenvalue weighted by molar-refractivity contribution is -0.119. The molecule has 0 aliphatic carbocycles. The Morgan fingerprint density at radius 2 is 2.00 bits per heavy atom. The first-order valence-corrected chi connectivity index (χ1v) is 7.10. The average Bonchev–Trinajstić information content (AvgIpc) is 2.29. The number of fused-ring (bicyclic) bond motifs is 1. The SMILES string of the molecule is CC1=CC(C)(C)N(C(=O)CCCl)c2ccc(C)cc21. The Morgan fingerprint density at radius 3 is 2.63 bits per heavy atom. The summed E-state index contributed by atoms with van der Waals surface area (Å²) >= 11 is 5.73. The highest BCUT2D eigenvalue weighted by atomic mass is 35.5. The van der Waals surface area contributed by atoms with Crippen LogP contribution in [0.25, 0.3) is 5.57 Å². The third-order valence-electron chi connectivity index (χ3n) is 3.52. The molecule has 1 aliphatic heterocycles. The van der Waals surface area contributed by atoms with Crippen LogP contribution < -0.4 is 4.90 Å². The van der Waals surface area contributed by atoms with Gasteiger partial charge in [0.1, 0.15) is 0 Å². The first-order valence-electron chi connectivity index (χ1n) is 6.56. The Bertz CT molecular complexity index is 546.